The van der Waals surface area contributed by atoms with Crippen molar-refractivity contribution in [2.75, 3.05) is 19.8 Å². The van der Waals surface area contributed by atoms with Gasteiger partial charge in [0.25, 0.3) is 5.91 Å². The number of nitrogens with zero attached hydrogens (tertiary/aromatic N) is 2. The first-order valence-corrected chi connectivity index (χ1v) is 7.04. The second-order valence-corrected chi connectivity index (χ2v) is 6.16. The Morgan fingerprint density at radius 3 is 2.83 bits per heavy atom. The minimum absolute atomic E-state index is 0.0510. The van der Waals surface area contributed by atoms with Crippen LogP contribution in [0.4, 0.5) is 4.79 Å². The molecule has 124 valence electrons. The van der Waals surface area contributed by atoms with Gasteiger partial charge in [-0.05, 0) is 25.0 Å². The molecular weight excluding hydrogens is 296 g/mol. The molecule has 0 aromatic carbocycles. The Morgan fingerprint density at radius 1 is 1.52 bits per heavy atom. The standard InChI is InChI=1S/C17H22N2O4/c1-6-7-18-9-13(20)19(16(18)22)10-23-15(21)14-12(8-11(2)3)17(14,4)5/h1,8,12,14H,7,9-10H2,2-5H3/i2D3,3D3. The molecule has 1 heterocycles. The lowest BCUT2D eigenvalue weighted by atomic mass is 10.1. The molecule has 0 radical (unpaired) electrons. The normalized spacial score (nSPS) is 30.1. The first-order chi connectivity index (χ1) is 13.1. The highest BCUT2D eigenvalue weighted by Gasteiger charge is 2.61. The average molecular weight is 324 g/mol. The molecule has 0 spiro atoms. The molecular formula is C17H22N2O4. The Kier molecular flexibility index (Phi) is 2.77. The maximum absolute atomic E-state index is 12.5. The molecule has 1 aliphatic carbocycles. The van der Waals surface area contributed by atoms with E-state index in [1.165, 1.54) is 0 Å². The Labute approximate surface area is 144 Å². The topological polar surface area (TPSA) is 66.9 Å². The van der Waals surface area contributed by atoms with E-state index < -0.39 is 61.2 Å². The summed E-state index contributed by atoms with van der Waals surface area (Å²) in [7, 11) is 0. The van der Waals surface area contributed by atoms with Crippen LogP contribution < -0.4 is 0 Å². The van der Waals surface area contributed by atoms with E-state index in [-0.39, 0.29) is 13.1 Å². The summed E-state index contributed by atoms with van der Waals surface area (Å²) >= 11 is 0. The number of allylic oxidation sites excluding steroid dienone is 2. The van der Waals surface area contributed by atoms with Gasteiger partial charge in [-0.3, -0.25) is 9.59 Å². The van der Waals surface area contributed by atoms with Crippen molar-refractivity contribution in [3.05, 3.63) is 11.6 Å². The quantitative estimate of drug-likeness (QED) is 0.334. The maximum Gasteiger partial charge on any atom is 0.330 e. The Bertz CT molecular complexity index is 777. The summed E-state index contributed by atoms with van der Waals surface area (Å²) in [4.78, 5) is 38.3. The van der Waals surface area contributed by atoms with E-state index in [1.807, 2.05) is 0 Å². The van der Waals surface area contributed by atoms with Crippen LogP contribution >= 0.6 is 0 Å². The summed E-state index contributed by atoms with van der Waals surface area (Å²) in [6.07, 6.45) is 6.24. The van der Waals surface area contributed by atoms with Gasteiger partial charge in [0.15, 0.2) is 6.73 Å². The second-order valence-electron chi connectivity index (χ2n) is 6.16. The van der Waals surface area contributed by atoms with Crippen LogP contribution in [-0.2, 0) is 14.3 Å². The average Bonchev–Trinajstić information content (AvgIpc) is 2.99. The zero-order valence-corrected chi connectivity index (χ0v) is 13.0. The molecule has 2 atom stereocenters. The molecule has 2 fully saturated rings. The number of carbonyl (C=O) groups is 3. The highest BCUT2D eigenvalue weighted by atomic mass is 16.5. The minimum atomic E-state index is -2.83. The lowest BCUT2D eigenvalue weighted by molar-refractivity contribution is -0.151. The molecule has 6 nitrogen and oxygen atoms in total. The highest BCUT2D eigenvalue weighted by Crippen LogP contribution is 2.59. The molecule has 2 aliphatic rings. The molecule has 2 unspecified atom stereocenters. The molecule has 2 rings (SSSR count). The first kappa shape index (κ1) is 10.5. The van der Waals surface area contributed by atoms with E-state index in [4.69, 9.17) is 19.4 Å². The van der Waals surface area contributed by atoms with Crippen molar-refractivity contribution in [2.45, 2.75) is 27.6 Å². The highest BCUT2D eigenvalue weighted by molar-refractivity contribution is 6.02. The van der Waals surface area contributed by atoms with Gasteiger partial charge in [0, 0.05) is 8.22 Å². The summed E-state index contributed by atoms with van der Waals surface area (Å²) < 4.78 is 49.8. The number of carbonyl (C=O) groups excluding carboxylic acids is 3. The van der Waals surface area contributed by atoms with Crippen LogP contribution in [0.3, 0.4) is 0 Å². The molecule has 3 amide bonds. The van der Waals surface area contributed by atoms with Gasteiger partial charge >= 0.3 is 12.0 Å². The van der Waals surface area contributed by atoms with Gasteiger partial charge < -0.3 is 9.64 Å². The summed E-state index contributed by atoms with van der Waals surface area (Å²) in [6, 6.07) is -0.667. The number of rotatable bonds is 5. The molecule has 0 N–H and O–H groups in total. The number of urea groups is 1. The number of hydrogen-bond donors (Lipinski definition) is 0. The second kappa shape index (κ2) is 6.07. The number of ether oxygens (including phenoxy) is 1. The summed E-state index contributed by atoms with van der Waals surface area (Å²) in [5, 5.41) is 0. The van der Waals surface area contributed by atoms with Crippen LogP contribution in [0.1, 0.15) is 35.8 Å². The molecule has 0 aromatic heterocycles. The van der Waals surface area contributed by atoms with Gasteiger partial charge in [0.05, 0.1) is 12.5 Å². The van der Waals surface area contributed by atoms with E-state index in [1.54, 1.807) is 13.8 Å². The first-order valence-electron chi connectivity index (χ1n) is 10.0. The molecule has 1 saturated carbocycles. The number of imide groups is 1. The maximum atomic E-state index is 12.5. The fourth-order valence-electron chi connectivity index (χ4n) is 2.79. The van der Waals surface area contributed by atoms with Gasteiger partial charge in [-0.15, -0.1) is 6.42 Å². The van der Waals surface area contributed by atoms with Crippen LogP contribution in [0.15, 0.2) is 11.6 Å². The van der Waals surface area contributed by atoms with Crippen molar-refractivity contribution in [3.63, 3.8) is 0 Å². The van der Waals surface area contributed by atoms with Crippen molar-refractivity contribution < 1.29 is 27.3 Å². The number of hydrogen-bond acceptors (Lipinski definition) is 4. The van der Waals surface area contributed by atoms with Gasteiger partial charge in [-0.2, -0.15) is 0 Å². The largest absolute Gasteiger partial charge is 0.443 e. The van der Waals surface area contributed by atoms with E-state index in [0.717, 1.165) is 15.9 Å². The van der Waals surface area contributed by atoms with Crippen molar-refractivity contribution in [2.24, 2.45) is 17.3 Å². The predicted molar refractivity (Wildman–Crippen MR) is 83.8 cm³/mol. The van der Waals surface area contributed by atoms with Crippen LogP contribution in [-0.4, -0.2) is 47.5 Å². The van der Waals surface area contributed by atoms with Gasteiger partial charge in [-0.25, -0.2) is 9.69 Å². The van der Waals surface area contributed by atoms with Gasteiger partial charge in [-0.1, -0.05) is 31.4 Å². The fraction of sp³-hybridized carbons (Fsp3) is 0.588. The number of terminal acetylenes is 1. The zero-order valence-electron chi connectivity index (χ0n) is 19.0. The number of esters is 1. The molecule has 1 aliphatic heterocycles. The SMILES string of the molecule is [2H]C([2H])([2H])C(=CC1C(C(=O)OCN2C(=O)CN(CC#C)C2=O)C1(C)C)C([2H])([2H])[2H]. The van der Waals surface area contributed by atoms with E-state index in [9.17, 15) is 14.4 Å². The summed E-state index contributed by atoms with van der Waals surface area (Å²) in [5.74, 6) is -0.506. The van der Waals surface area contributed by atoms with Crippen molar-refractivity contribution >= 4 is 17.9 Å². The Morgan fingerprint density at radius 2 is 2.22 bits per heavy atom. The number of amides is 3. The van der Waals surface area contributed by atoms with Crippen molar-refractivity contribution in [1.29, 1.82) is 0 Å². The van der Waals surface area contributed by atoms with E-state index in [2.05, 4.69) is 5.92 Å². The van der Waals surface area contributed by atoms with E-state index in [0.29, 0.717) is 0 Å². The molecule has 0 aromatic rings. The summed E-state index contributed by atoms with van der Waals surface area (Å²) in [6.45, 7) is -3.15. The molecule has 23 heavy (non-hydrogen) atoms. The fourth-order valence-corrected chi connectivity index (χ4v) is 2.79. The molecule has 0 bridgehead atoms. The molecule has 1 saturated heterocycles. The van der Waals surface area contributed by atoms with Crippen molar-refractivity contribution in [3.8, 4) is 12.3 Å². The monoisotopic (exact) mass is 324 g/mol. The van der Waals surface area contributed by atoms with Gasteiger partial charge in [0.1, 0.15) is 6.54 Å². The smallest absolute Gasteiger partial charge is 0.330 e. The summed E-state index contributed by atoms with van der Waals surface area (Å²) in [5.41, 5.74) is -1.43. The third-order valence-corrected chi connectivity index (χ3v) is 4.26. The Hall–Kier alpha value is -2.29. The zero-order chi connectivity index (χ0) is 22.4. The van der Waals surface area contributed by atoms with Crippen LogP contribution in [0.2, 0.25) is 0 Å². The van der Waals surface area contributed by atoms with E-state index >= 15 is 0 Å². The minimum Gasteiger partial charge on any atom is -0.443 e. The third kappa shape index (κ3) is 3.24. The van der Waals surface area contributed by atoms with Gasteiger partial charge in [0.2, 0.25) is 0 Å². The predicted octanol–water partition coefficient (Wildman–Crippen LogP) is 1.62. The van der Waals surface area contributed by atoms with Crippen LogP contribution in [0.5, 0.6) is 0 Å². The van der Waals surface area contributed by atoms with Crippen LogP contribution in [0, 0.1) is 29.6 Å². The lowest BCUT2D eigenvalue weighted by Gasteiger charge is -2.15. The third-order valence-electron chi connectivity index (χ3n) is 4.26. The van der Waals surface area contributed by atoms with Crippen LogP contribution in [0.25, 0.3) is 0 Å². The van der Waals surface area contributed by atoms with Crippen molar-refractivity contribution in [1.82, 2.24) is 9.80 Å². The Balaban J connectivity index is 2.09. The molecule has 6 heteroatoms. The lowest BCUT2D eigenvalue weighted by Crippen LogP contribution is -2.36.